The van der Waals surface area contributed by atoms with Crippen LogP contribution < -0.4 is 15.4 Å². The highest BCUT2D eigenvalue weighted by molar-refractivity contribution is 9.10. The maximum absolute atomic E-state index is 12.3. The highest BCUT2D eigenvalue weighted by Crippen LogP contribution is 2.37. The minimum absolute atomic E-state index is 0.129. The topological polar surface area (TPSA) is 50.4 Å². The van der Waals surface area contributed by atoms with Crippen molar-refractivity contribution in [1.82, 2.24) is 5.32 Å². The van der Waals surface area contributed by atoms with Gasteiger partial charge in [0, 0.05) is 5.69 Å². The van der Waals surface area contributed by atoms with Gasteiger partial charge in [0.25, 0.3) is 5.91 Å². The molecule has 0 saturated carbocycles. The molecule has 144 valence electrons. The Kier molecular flexibility index (Phi) is 6.95. The van der Waals surface area contributed by atoms with Crippen LogP contribution in [0.2, 0.25) is 5.02 Å². The van der Waals surface area contributed by atoms with Crippen LogP contribution in [0.5, 0.6) is 5.75 Å². The Morgan fingerprint density at radius 2 is 2.14 bits per heavy atom. The van der Waals surface area contributed by atoms with E-state index in [4.69, 9.17) is 22.8 Å². The van der Waals surface area contributed by atoms with Gasteiger partial charge in [-0.25, -0.2) is 0 Å². The molecule has 1 amide bonds. The van der Waals surface area contributed by atoms with Gasteiger partial charge in [0.15, 0.2) is 11.2 Å². The summed E-state index contributed by atoms with van der Waals surface area (Å²) >= 11 is 11.1. The van der Waals surface area contributed by atoms with Crippen molar-refractivity contribution in [2.45, 2.75) is 18.8 Å². The molecule has 1 heterocycles. The fourth-order valence-electron chi connectivity index (χ4n) is 2.62. The van der Waals surface area contributed by atoms with E-state index in [0.717, 1.165) is 17.7 Å². The minimum atomic E-state index is -0.233. The second-order valence-corrected chi connectivity index (χ2v) is 8.39. The van der Waals surface area contributed by atoms with E-state index in [0.29, 0.717) is 20.2 Å². The van der Waals surface area contributed by atoms with Crippen LogP contribution in [0.3, 0.4) is 0 Å². The third-order valence-corrected chi connectivity index (χ3v) is 5.91. The standard InChI is InChI=1S/C21H18BrClN2O2S/c1-3-9-27-19-16(22)10-14(11-17(19)23)12-18-20(26)25-21(28-18)24-15-7-5-13(4-2)6-8-15/h1,5-8,10-12,21,24H,4,9H2,2H3,(H,25,26)/b18-12-/t21-/m1/s1. The van der Waals surface area contributed by atoms with Crippen LogP contribution in [-0.2, 0) is 11.2 Å². The summed E-state index contributed by atoms with van der Waals surface area (Å²) in [6, 6.07) is 11.7. The van der Waals surface area contributed by atoms with Gasteiger partial charge < -0.3 is 15.4 Å². The van der Waals surface area contributed by atoms with Crippen LogP contribution in [0.25, 0.3) is 6.08 Å². The molecule has 1 atom stereocenters. The number of nitrogens with one attached hydrogen (secondary N) is 2. The fourth-order valence-corrected chi connectivity index (χ4v) is 4.59. The number of aryl methyl sites for hydroxylation is 1. The third kappa shape index (κ3) is 5.05. The summed E-state index contributed by atoms with van der Waals surface area (Å²) < 4.78 is 6.11. The predicted octanol–water partition coefficient (Wildman–Crippen LogP) is 5.28. The van der Waals surface area contributed by atoms with Gasteiger partial charge in [0.2, 0.25) is 0 Å². The van der Waals surface area contributed by atoms with Crippen molar-refractivity contribution < 1.29 is 9.53 Å². The van der Waals surface area contributed by atoms with Crippen molar-refractivity contribution in [1.29, 1.82) is 0 Å². The zero-order chi connectivity index (χ0) is 20.1. The smallest absolute Gasteiger partial charge is 0.260 e. The normalized spacial score (nSPS) is 17.3. The van der Waals surface area contributed by atoms with Gasteiger partial charge in [-0.15, -0.1) is 6.42 Å². The molecule has 4 nitrogen and oxygen atoms in total. The van der Waals surface area contributed by atoms with Crippen molar-refractivity contribution >= 4 is 57.0 Å². The van der Waals surface area contributed by atoms with E-state index in [1.54, 1.807) is 12.1 Å². The van der Waals surface area contributed by atoms with Crippen LogP contribution in [0, 0.1) is 12.3 Å². The first-order valence-corrected chi connectivity index (χ1v) is 10.6. The predicted molar refractivity (Wildman–Crippen MR) is 120 cm³/mol. The summed E-state index contributed by atoms with van der Waals surface area (Å²) in [5, 5.41) is 6.65. The molecule has 1 aliphatic rings. The van der Waals surface area contributed by atoms with Gasteiger partial charge in [0.05, 0.1) is 14.4 Å². The molecular formula is C21H18BrClN2O2S. The maximum atomic E-state index is 12.3. The van der Waals surface area contributed by atoms with E-state index >= 15 is 0 Å². The zero-order valence-corrected chi connectivity index (χ0v) is 18.2. The average molecular weight is 478 g/mol. The van der Waals surface area contributed by atoms with E-state index < -0.39 is 0 Å². The minimum Gasteiger partial charge on any atom is -0.478 e. The lowest BCUT2D eigenvalue weighted by Crippen LogP contribution is -2.30. The van der Waals surface area contributed by atoms with E-state index in [9.17, 15) is 4.79 Å². The lowest BCUT2D eigenvalue weighted by atomic mass is 10.1. The second-order valence-electron chi connectivity index (χ2n) is 5.98. The van der Waals surface area contributed by atoms with Crippen molar-refractivity contribution in [2.75, 3.05) is 11.9 Å². The molecule has 0 aliphatic carbocycles. The van der Waals surface area contributed by atoms with E-state index in [2.05, 4.69) is 51.5 Å². The van der Waals surface area contributed by atoms with Crippen molar-refractivity contribution in [2.24, 2.45) is 0 Å². The van der Waals surface area contributed by atoms with Gasteiger partial charge in [-0.3, -0.25) is 4.79 Å². The monoisotopic (exact) mass is 476 g/mol. The Morgan fingerprint density at radius 1 is 1.39 bits per heavy atom. The molecule has 2 N–H and O–H groups in total. The highest BCUT2D eigenvalue weighted by atomic mass is 79.9. The van der Waals surface area contributed by atoms with Gasteiger partial charge >= 0.3 is 0 Å². The highest BCUT2D eigenvalue weighted by Gasteiger charge is 2.27. The molecule has 0 unspecified atom stereocenters. The van der Waals surface area contributed by atoms with Gasteiger partial charge in [-0.2, -0.15) is 0 Å². The molecule has 2 aromatic carbocycles. The third-order valence-electron chi connectivity index (χ3n) is 4.01. The lowest BCUT2D eigenvalue weighted by Gasteiger charge is -2.13. The molecule has 7 heteroatoms. The fraction of sp³-hybridized carbons (Fsp3) is 0.190. The van der Waals surface area contributed by atoms with Gasteiger partial charge in [-0.05, 0) is 63.8 Å². The van der Waals surface area contributed by atoms with Crippen LogP contribution in [0.1, 0.15) is 18.1 Å². The van der Waals surface area contributed by atoms with E-state index in [-0.39, 0.29) is 18.0 Å². The Hall–Kier alpha value is -2.07. The van der Waals surface area contributed by atoms with Crippen molar-refractivity contribution in [3.8, 4) is 18.1 Å². The van der Waals surface area contributed by atoms with Crippen LogP contribution in [0.4, 0.5) is 5.69 Å². The number of thioether (sulfide) groups is 1. The number of carbonyl (C=O) groups excluding carboxylic acids is 1. The SMILES string of the molecule is C#CCOc1c(Cl)cc(/C=C2\S[C@H](Nc3ccc(CC)cc3)NC2=O)cc1Br. The molecule has 3 rings (SSSR count). The number of carbonyl (C=O) groups is 1. The number of halogens is 2. The average Bonchev–Trinajstić information content (AvgIpc) is 3.00. The molecule has 1 aliphatic heterocycles. The van der Waals surface area contributed by atoms with Crippen LogP contribution in [-0.4, -0.2) is 18.0 Å². The summed E-state index contributed by atoms with van der Waals surface area (Å²) in [5.41, 5.74) is 2.78. The molecule has 0 aromatic heterocycles. The summed E-state index contributed by atoms with van der Waals surface area (Å²) in [6.45, 7) is 2.24. The lowest BCUT2D eigenvalue weighted by molar-refractivity contribution is -0.116. The molecule has 0 bridgehead atoms. The van der Waals surface area contributed by atoms with Crippen molar-refractivity contribution in [3.05, 3.63) is 61.9 Å². The number of ether oxygens (including phenoxy) is 1. The molecule has 1 fully saturated rings. The number of terminal acetylenes is 1. The Morgan fingerprint density at radius 3 is 2.79 bits per heavy atom. The molecule has 1 saturated heterocycles. The van der Waals surface area contributed by atoms with Crippen LogP contribution >= 0.6 is 39.3 Å². The summed E-state index contributed by atoms with van der Waals surface area (Å²) in [7, 11) is 0. The number of hydrogen-bond acceptors (Lipinski definition) is 4. The summed E-state index contributed by atoms with van der Waals surface area (Å²) in [6.07, 6.45) is 8.01. The first-order chi connectivity index (χ1) is 13.5. The van der Waals surface area contributed by atoms with Crippen molar-refractivity contribution in [3.63, 3.8) is 0 Å². The number of hydrogen-bond donors (Lipinski definition) is 2. The molecule has 0 spiro atoms. The zero-order valence-electron chi connectivity index (χ0n) is 15.1. The largest absolute Gasteiger partial charge is 0.478 e. The van der Waals surface area contributed by atoms with E-state index in [1.165, 1.54) is 17.3 Å². The molecule has 0 radical (unpaired) electrons. The van der Waals surface area contributed by atoms with Gasteiger partial charge in [-0.1, -0.05) is 48.3 Å². The molecule has 28 heavy (non-hydrogen) atoms. The Bertz CT molecular complexity index is 931. The number of rotatable bonds is 6. The van der Waals surface area contributed by atoms with Crippen LogP contribution in [0.15, 0.2) is 45.8 Å². The quantitative estimate of drug-likeness (QED) is 0.439. The number of anilines is 1. The Labute approximate surface area is 182 Å². The maximum Gasteiger partial charge on any atom is 0.260 e. The molecule has 2 aromatic rings. The number of benzene rings is 2. The number of amides is 1. The molecular weight excluding hydrogens is 460 g/mol. The second kappa shape index (κ2) is 9.42. The Balaban J connectivity index is 1.72. The summed E-state index contributed by atoms with van der Waals surface area (Å²) in [5.74, 6) is 2.76. The first-order valence-electron chi connectivity index (χ1n) is 8.60. The first kappa shape index (κ1) is 20.7. The van der Waals surface area contributed by atoms with E-state index in [1.807, 2.05) is 18.2 Å². The van der Waals surface area contributed by atoms with Gasteiger partial charge in [0.1, 0.15) is 6.61 Å². The summed E-state index contributed by atoms with van der Waals surface area (Å²) in [4.78, 5) is 12.9.